The molecule has 0 spiro atoms. The second kappa shape index (κ2) is 5.29. The molecule has 1 aliphatic rings. The topological polar surface area (TPSA) is 92.3 Å². The Labute approximate surface area is 94.8 Å². The molecule has 0 saturated heterocycles. The fourth-order valence-electron chi connectivity index (χ4n) is 1.77. The molecule has 0 aromatic heterocycles. The van der Waals surface area contributed by atoms with Gasteiger partial charge in [-0.2, -0.15) is 0 Å². The van der Waals surface area contributed by atoms with Crippen molar-refractivity contribution in [3.05, 3.63) is 0 Å². The number of amides is 3. The van der Waals surface area contributed by atoms with Crippen LogP contribution in [0.3, 0.4) is 0 Å². The summed E-state index contributed by atoms with van der Waals surface area (Å²) in [7, 11) is -3.64. The summed E-state index contributed by atoms with van der Waals surface area (Å²) in [5.74, 6) is -0.587. The molecule has 16 heavy (non-hydrogen) atoms. The highest BCUT2D eigenvalue weighted by Crippen LogP contribution is 2.22. The Morgan fingerprint density at radius 3 is 2.19 bits per heavy atom. The monoisotopic (exact) mass is 248 g/mol. The smallest absolute Gasteiger partial charge is 0.278 e. The van der Waals surface area contributed by atoms with Crippen LogP contribution in [0.2, 0.25) is 0 Å². The molecule has 1 fully saturated rings. The fraction of sp³-hybridized carbons (Fsp3) is 0.778. The van der Waals surface area contributed by atoms with Gasteiger partial charge < -0.3 is 0 Å². The molecule has 92 valence electrons. The molecule has 0 radical (unpaired) electrons. The van der Waals surface area contributed by atoms with Gasteiger partial charge in [-0.3, -0.25) is 10.1 Å². The van der Waals surface area contributed by atoms with E-state index in [0.717, 1.165) is 26.2 Å². The highest BCUT2D eigenvalue weighted by molar-refractivity contribution is 7.90. The molecule has 0 unspecified atom stereocenters. The lowest BCUT2D eigenvalue weighted by atomic mass is 10.0. The highest BCUT2D eigenvalue weighted by Gasteiger charge is 2.28. The Hall–Kier alpha value is -1.11. The summed E-state index contributed by atoms with van der Waals surface area (Å²) in [6.45, 7) is 1.15. The average Bonchev–Trinajstić information content (AvgIpc) is 2.16. The summed E-state index contributed by atoms with van der Waals surface area (Å²) in [6.07, 6.45) is 3.90. The van der Waals surface area contributed by atoms with Gasteiger partial charge in [-0.15, -0.1) is 0 Å². The zero-order chi connectivity index (χ0) is 12.2. The minimum atomic E-state index is -3.64. The molecule has 0 aromatic rings. The normalized spacial score (nSPS) is 17.8. The zero-order valence-electron chi connectivity index (χ0n) is 9.15. The predicted molar refractivity (Wildman–Crippen MR) is 58.1 cm³/mol. The SMILES string of the molecule is CC(=O)NC(=O)NS(=O)(=O)C1CCCCC1. The van der Waals surface area contributed by atoms with Gasteiger partial charge in [-0.25, -0.2) is 17.9 Å². The molecule has 1 rings (SSSR count). The first-order valence-corrected chi connectivity index (χ1v) is 6.79. The molecule has 0 bridgehead atoms. The zero-order valence-corrected chi connectivity index (χ0v) is 9.97. The predicted octanol–water partition coefficient (Wildman–Crippen LogP) is 0.495. The second-order valence-corrected chi connectivity index (χ2v) is 5.88. The third kappa shape index (κ3) is 3.80. The van der Waals surface area contributed by atoms with E-state index >= 15 is 0 Å². The number of imide groups is 1. The molecule has 6 nitrogen and oxygen atoms in total. The molecule has 0 atom stereocenters. The number of sulfonamides is 1. The van der Waals surface area contributed by atoms with Crippen LogP contribution in [0, 0.1) is 0 Å². The summed E-state index contributed by atoms with van der Waals surface area (Å²) in [5.41, 5.74) is 0. The maximum Gasteiger partial charge on any atom is 0.335 e. The lowest BCUT2D eigenvalue weighted by molar-refractivity contribution is -0.117. The van der Waals surface area contributed by atoms with Gasteiger partial charge in [0.15, 0.2) is 0 Å². The van der Waals surface area contributed by atoms with Crippen LogP contribution in [-0.2, 0) is 14.8 Å². The summed E-state index contributed by atoms with van der Waals surface area (Å²) < 4.78 is 25.2. The van der Waals surface area contributed by atoms with E-state index in [4.69, 9.17) is 0 Å². The number of urea groups is 1. The first-order chi connectivity index (χ1) is 7.42. The Bertz CT molecular complexity index is 371. The van der Waals surface area contributed by atoms with Crippen molar-refractivity contribution in [2.24, 2.45) is 0 Å². The molecule has 0 heterocycles. The maximum absolute atomic E-state index is 11.7. The van der Waals surface area contributed by atoms with Crippen molar-refractivity contribution >= 4 is 22.0 Å². The van der Waals surface area contributed by atoms with Gasteiger partial charge in [0.25, 0.3) is 0 Å². The first-order valence-electron chi connectivity index (χ1n) is 5.25. The molecular weight excluding hydrogens is 232 g/mol. The standard InChI is InChI=1S/C9H16N2O4S/c1-7(12)10-9(13)11-16(14,15)8-5-3-2-4-6-8/h8H,2-6H2,1H3,(H2,10,11,12,13). The number of hydrogen-bond donors (Lipinski definition) is 2. The van der Waals surface area contributed by atoms with Crippen molar-refractivity contribution in [3.8, 4) is 0 Å². The first kappa shape index (κ1) is 13.0. The van der Waals surface area contributed by atoms with Gasteiger partial charge in [0.2, 0.25) is 15.9 Å². The van der Waals surface area contributed by atoms with Crippen molar-refractivity contribution in [2.75, 3.05) is 0 Å². The Kier molecular flexibility index (Phi) is 4.28. The van der Waals surface area contributed by atoms with Crippen LogP contribution in [-0.4, -0.2) is 25.6 Å². The van der Waals surface area contributed by atoms with Gasteiger partial charge in [0.05, 0.1) is 5.25 Å². The van der Waals surface area contributed by atoms with Gasteiger partial charge in [0.1, 0.15) is 0 Å². The van der Waals surface area contributed by atoms with Gasteiger partial charge in [-0.1, -0.05) is 19.3 Å². The number of hydrogen-bond acceptors (Lipinski definition) is 4. The van der Waals surface area contributed by atoms with Crippen LogP contribution < -0.4 is 10.0 Å². The molecule has 1 aliphatic carbocycles. The molecular formula is C9H16N2O4S. The van der Waals surface area contributed by atoms with E-state index < -0.39 is 27.2 Å². The van der Waals surface area contributed by atoms with E-state index in [9.17, 15) is 18.0 Å². The van der Waals surface area contributed by atoms with Crippen molar-refractivity contribution in [2.45, 2.75) is 44.3 Å². The highest BCUT2D eigenvalue weighted by atomic mass is 32.2. The van der Waals surface area contributed by atoms with E-state index in [-0.39, 0.29) is 0 Å². The van der Waals surface area contributed by atoms with E-state index in [1.54, 1.807) is 0 Å². The van der Waals surface area contributed by atoms with Crippen LogP contribution in [0.5, 0.6) is 0 Å². The molecule has 1 saturated carbocycles. The summed E-state index contributed by atoms with van der Waals surface area (Å²) in [6, 6.07) is -0.974. The lowest BCUT2D eigenvalue weighted by Gasteiger charge is -2.21. The van der Waals surface area contributed by atoms with Crippen molar-refractivity contribution in [1.29, 1.82) is 0 Å². The number of carbonyl (C=O) groups is 2. The lowest BCUT2D eigenvalue weighted by Crippen LogP contribution is -2.45. The Morgan fingerprint density at radius 2 is 1.69 bits per heavy atom. The van der Waals surface area contributed by atoms with Crippen LogP contribution in [0.25, 0.3) is 0 Å². The molecule has 3 amide bonds. The number of nitrogens with one attached hydrogen (secondary N) is 2. The third-order valence-electron chi connectivity index (χ3n) is 2.52. The minimum Gasteiger partial charge on any atom is -0.278 e. The molecule has 2 N–H and O–H groups in total. The quantitative estimate of drug-likeness (QED) is 0.744. The van der Waals surface area contributed by atoms with E-state index in [1.165, 1.54) is 0 Å². The van der Waals surface area contributed by atoms with Crippen molar-refractivity contribution < 1.29 is 18.0 Å². The van der Waals surface area contributed by atoms with Crippen molar-refractivity contribution in [3.63, 3.8) is 0 Å². The summed E-state index contributed by atoms with van der Waals surface area (Å²) in [4.78, 5) is 21.6. The number of rotatable bonds is 2. The van der Waals surface area contributed by atoms with Gasteiger partial charge in [0, 0.05) is 6.92 Å². The van der Waals surface area contributed by atoms with E-state index in [2.05, 4.69) is 0 Å². The van der Waals surface area contributed by atoms with Crippen LogP contribution in [0.4, 0.5) is 4.79 Å². The summed E-state index contributed by atoms with van der Waals surface area (Å²) in [5, 5.41) is 1.35. The summed E-state index contributed by atoms with van der Waals surface area (Å²) >= 11 is 0. The molecule has 0 aliphatic heterocycles. The third-order valence-corrected chi connectivity index (χ3v) is 4.33. The van der Waals surface area contributed by atoms with E-state index in [1.807, 2.05) is 10.0 Å². The largest absolute Gasteiger partial charge is 0.335 e. The van der Waals surface area contributed by atoms with E-state index in [0.29, 0.717) is 12.8 Å². The maximum atomic E-state index is 11.7. The minimum absolute atomic E-state index is 0.515. The molecule has 0 aromatic carbocycles. The molecule has 7 heteroatoms. The second-order valence-electron chi connectivity index (χ2n) is 3.92. The average molecular weight is 248 g/mol. The van der Waals surface area contributed by atoms with Crippen molar-refractivity contribution in [1.82, 2.24) is 10.0 Å². The fourth-order valence-corrected chi connectivity index (χ4v) is 3.20. The Morgan fingerprint density at radius 1 is 1.12 bits per heavy atom. The van der Waals surface area contributed by atoms with Gasteiger partial charge >= 0.3 is 6.03 Å². The van der Waals surface area contributed by atoms with Crippen LogP contribution in [0.15, 0.2) is 0 Å². The van der Waals surface area contributed by atoms with Crippen LogP contribution in [0.1, 0.15) is 39.0 Å². The Balaban J connectivity index is 2.56. The van der Waals surface area contributed by atoms with Gasteiger partial charge in [-0.05, 0) is 12.8 Å². The van der Waals surface area contributed by atoms with Crippen LogP contribution >= 0.6 is 0 Å². The number of carbonyl (C=O) groups excluding carboxylic acids is 2.